The summed E-state index contributed by atoms with van der Waals surface area (Å²) < 4.78 is 12.6. The van der Waals surface area contributed by atoms with Crippen molar-refractivity contribution in [3.63, 3.8) is 0 Å². The summed E-state index contributed by atoms with van der Waals surface area (Å²) in [5.41, 5.74) is 3.55. The predicted octanol–water partition coefficient (Wildman–Crippen LogP) is 5.23. The van der Waals surface area contributed by atoms with Crippen LogP contribution in [0.2, 0.25) is 10.0 Å². The van der Waals surface area contributed by atoms with Gasteiger partial charge in [-0.15, -0.1) is 10.2 Å². The van der Waals surface area contributed by atoms with E-state index in [4.69, 9.17) is 37.7 Å². The predicted molar refractivity (Wildman–Crippen MR) is 162 cm³/mol. The largest absolute Gasteiger partial charge is 0.495 e. The van der Waals surface area contributed by atoms with Crippen molar-refractivity contribution in [3.8, 4) is 22.6 Å². The number of halogens is 2. The van der Waals surface area contributed by atoms with Crippen LogP contribution in [0, 0.1) is 0 Å². The number of carbonyl (C=O) groups excluding carboxylic acids is 1. The lowest BCUT2D eigenvalue weighted by atomic mass is 10.0. The molecule has 0 bridgehead atoms. The van der Waals surface area contributed by atoms with Gasteiger partial charge in [0.1, 0.15) is 17.8 Å². The Kier molecular flexibility index (Phi) is 7.48. The van der Waals surface area contributed by atoms with Crippen molar-refractivity contribution in [1.29, 1.82) is 0 Å². The molecule has 0 spiro atoms. The average molecular weight is 608 g/mol. The number of amides is 1. The molecule has 0 saturated carbocycles. The van der Waals surface area contributed by atoms with Crippen LogP contribution >= 0.6 is 23.2 Å². The Morgan fingerprint density at radius 3 is 2.31 bits per heavy atom. The fraction of sp³-hybridized carbons (Fsp3) is 0.276. The molecule has 2 atom stereocenters. The number of nitrogens with zero attached hydrogens (tertiary/aromatic N) is 6. The van der Waals surface area contributed by atoms with E-state index in [1.807, 2.05) is 35.2 Å². The zero-order chi connectivity index (χ0) is 29.5. The van der Waals surface area contributed by atoms with Gasteiger partial charge in [-0.3, -0.25) is 9.20 Å². The van der Waals surface area contributed by atoms with Crippen LogP contribution in [-0.4, -0.2) is 74.8 Å². The highest BCUT2D eigenvalue weighted by molar-refractivity contribution is 6.41. The molecule has 216 valence electrons. The summed E-state index contributed by atoms with van der Waals surface area (Å²) in [6.07, 6.45) is 3.26. The van der Waals surface area contributed by atoms with E-state index < -0.39 is 0 Å². The molecule has 1 aliphatic heterocycles. The Balaban J connectivity index is 1.32. The maximum absolute atomic E-state index is 13.1. The zero-order valence-corrected chi connectivity index (χ0v) is 24.9. The summed E-state index contributed by atoms with van der Waals surface area (Å²) in [5.74, 6) is 1.20. The van der Waals surface area contributed by atoms with Gasteiger partial charge in [0.05, 0.1) is 24.3 Å². The maximum atomic E-state index is 13.1. The van der Waals surface area contributed by atoms with Crippen molar-refractivity contribution in [2.45, 2.75) is 25.9 Å². The normalized spacial score (nSPS) is 17.0. The number of pyridine rings is 1. The van der Waals surface area contributed by atoms with Crippen LogP contribution in [0.5, 0.6) is 11.5 Å². The molecule has 0 aliphatic carbocycles. The third kappa shape index (κ3) is 5.04. The fourth-order valence-electron chi connectivity index (χ4n) is 5.34. The quantitative estimate of drug-likeness (QED) is 0.268. The van der Waals surface area contributed by atoms with Crippen molar-refractivity contribution >= 4 is 57.4 Å². The van der Waals surface area contributed by atoms with Crippen molar-refractivity contribution in [3.05, 3.63) is 64.5 Å². The van der Waals surface area contributed by atoms with Crippen molar-refractivity contribution in [1.82, 2.24) is 34.8 Å². The van der Waals surface area contributed by atoms with Gasteiger partial charge < -0.3 is 25.0 Å². The number of piperazine rings is 1. The molecule has 13 heteroatoms. The Morgan fingerprint density at radius 1 is 1.00 bits per heavy atom. The molecule has 2 N–H and O–H groups in total. The second-order valence-electron chi connectivity index (χ2n) is 10.2. The van der Waals surface area contributed by atoms with E-state index in [1.165, 1.54) is 14.2 Å². The number of hydrogen-bond donors (Lipinski definition) is 2. The highest BCUT2D eigenvalue weighted by Crippen LogP contribution is 2.47. The first-order chi connectivity index (χ1) is 20.3. The topological polar surface area (TPSA) is 119 Å². The van der Waals surface area contributed by atoms with Crippen molar-refractivity contribution in [2.24, 2.45) is 0 Å². The number of ether oxygens (including phenoxy) is 2. The van der Waals surface area contributed by atoms with Gasteiger partial charge in [-0.25, -0.2) is 4.98 Å². The van der Waals surface area contributed by atoms with Crippen LogP contribution in [0.1, 0.15) is 24.2 Å². The van der Waals surface area contributed by atoms with E-state index in [1.54, 1.807) is 23.0 Å². The van der Waals surface area contributed by atoms with Crippen LogP contribution in [-0.2, 0) is 0 Å². The van der Waals surface area contributed by atoms with Crippen LogP contribution in [0.15, 0.2) is 48.9 Å². The van der Waals surface area contributed by atoms with E-state index in [2.05, 4.69) is 39.7 Å². The minimum Gasteiger partial charge on any atom is -0.495 e. The Morgan fingerprint density at radius 2 is 1.67 bits per heavy atom. The van der Waals surface area contributed by atoms with Gasteiger partial charge >= 0.3 is 0 Å². The van der Waals surface area contributed by atoms with E-state index in [0.29, 0.717) is 74.0 Å². The first kappa shape index (κ1) is 28.0. The molecular formula is C29H28Cl2N8O3. The number of aromatic nitrogens is 5. The van der Waals surface area contributed by atoms with Gasteiger partial charge in [0.2, 0.25) is 5.95 Å². The van der Waals surface area contributed by atoms with Gasteiger partial charge in [0.25, 0.3) is 5.91 Å². The maximum Gasteiger partial charge on any atom is 0.253 e. The third-order valence-corrected chi connectivity index (χ3v) is 7.94. The molecule has 0 radical (unpaired) electrons. The van der Waals surface area contributed by atoms with E-state index >= 15 is 0 Å². The molecule has 1 saturated heterocycles. The second kappa shape index (κ2) is 11.2. The second-order valence-corrected chi connectivity index (χ2v) is 11.0. The summed E-state index contributed by atoms with van der Waals surface area (Å²) in [6.45, 7) is 5.52. The smallest absolute Gasteiger partial charge is 0.253 e. The van der Waals surface area contributed by atoms with Gasteiger partial charge in [0, 0.05) is 65.2 Å². The summed E-state index contributed by atoms with van der Waals surface area (Å²) in [7, 11) is 3.04. The monoisotopic (exact) mass is 606 g/mol. The summed E-state index contributed by atoms with van der Waals surface area (Å²) in [6, 6.07) is 11.3. The van der Waals surface area contributed by atoms with Gasteiger partial charge in [-0.1, -0.05) is 23.2 Å². The first-order valence-corrected chi connectivity index (χ1v) is 14.0. The molecule has 0 unspecified atom stereocenters. The Bertz CT molecular complexity index is 1770. The standard InChI is InChI=1S/C29H28Cl2N8O3/c1-15-12-38(13-16(2)34-15)28(40)17-5-7-19(8-6-17)35-29-32-11-18-9-20(27-37-33-14-39(27)26(18)36-29)23-24(30)21(41-3)10-22(42-4)25(23)31/h5-11,14-16,34H,12-13H2,1-4H3,(H,32,35,36)/t15-,16+. The molecule has 4 heterocycles. The number of hydrogen-bond acceptors (Lipinski definition) is 9. The molecule has 1 amide bonds. The number of fused-ring (bicyclic) bond motifs is 3. The average Bonchev–Trinajstić information content (AvgIpc) is 3.48. The first-order valence-electron chi connectivity index (χ1n) is 13.3. The SMILES string of the molecule is COc1cc(OC)c(Cl)c(-c2cc3cnc(Nc4ccc(C(=O)N5C[C@@H](C)N[C@@H](C)C5)cc4)nc3n3cnnc23)c1Cl. The third-order valence-electron chi connectivity index (χ3n) is 7.19. The van der Waals surface area contributed by atoms with E-state index in [0.717, 1.165) is 5.69 Å². The number of carbonyl (C=O) groups is 1. The molecule has 6 rings (SSSR count). The number of nitrogens with one attached hydrogen (secondary N) is 2. The molecule has 11 nitrogen and oxygen atoms in total. The van der Waals surface area contributed by atoms with Gasteiger partial charge in [-0.05, 0) is 44.2 Å². The van der Waals surface area contributed by atoms with Crippen LogP contribution < -0.4 is 20.1 Å². The van der Waals surface area contributed by atoms with Crippen LogP contribution in [0.4, 0.5) is 11.6 Å². The summed E-state index contributed by atoms with van der Waals surface area (Å²) >= 11 is 13.4. The zero-order valence-electron chi connectivity index (χ0n) is 23.4. The van der Waals surface area contributed by atoms with Crippen LogP contribution in [0.3, 0.4) is 0 Å². The lowest BCUT2D eigenvalue weighted by molar-refractivity contribution is 0.0674. The Hall–Kier alpha value is -4.19. The lowest BCUT2D eigenvalue weighted by Crippen LogP contribution is -2.55. The Labute approximate surface area is 251 Å². The van der Waals surface area contributed by atoms with Gasteiger partial charge in [0.15, 0.2) is 11.3 Å². The van der Waals surface area contributed by atoms with Crippen molar-refractivity contribution < 1.29 is 14.3 Å². The minimum atomic E-state index is 0.0170. The van der Waals surface area contributed by atoms with E-state index in [-0.39, 0.29) is 18.0 Å². The fourth-order valence-corrected chi connectivity index (χ4v) is 6.04. The number of methoxy groups -OCH3 is 2. The molecule has 5 aromatic rings. The molecule has 1 aliphatic rings. The highest BCUT2D eigenvalue weighted by Gasteiger charge is 2.26. The summed E-state index contributed by atoms with van der Waals surface area (Å²) in [4.78, 5) is 24.2. The lowest BCUT2D eigenvalue weighted by Gasteiger charge is -2.36. The number of benzene rings is 2. The van der Waals surface area contributed by atoms with Crippen LogP contribution in [0.25, 0.3) is 27.8 Å². The number of anilines is 2. The van der Waals surface area contributed by atoms with Gasteiger partial charge in [-0.2, -0.15) is 4.98 Å². The minimum absolute atomic E-state index is 0.0170. The highest BCUT2D eigenvalue weighted by atomic mass is 35.5. The molecule has 1 fully saturated rings. The molecule has 42 heavy (non-hydrogen) atoms. The summed E-state index contributed by atoms with van der Waals surface area (Å²) in [5, 5.41) is 16.4. The molecule has 2 aromatic carbocycles. The van der Waals surface area contributed by atoms with E-state index in [9.17, 15) is 4.79 Å². The molecular weight excluding hydrogens is 579 g/mol. The van der Waals surface area contributed by atoms with Crippen molar-refractivity contribution in [2.75, 3.05) is 32.6 Å². The number of rotatable bonds is 6. The molecule has 3 aromatic heterocycles.